The summed E-state index contributed by atoms with van der Waals surface area (Å²) in [6, 6.07) is 0. The van der Waals surface area contributed by atoms with Crippen molar-refractivity contribution >= 4 is 0 Å². The fourth-order valence-corrected chi connectivity index (χ4v) is 0.763. The highest BCUT2D eigenvalue weighted by molar-refractivity contribution is 4.66. The molecular weight excluding hydrogens is 108 g/mol. The van der Waals surface area contributed by atoms with Gasteiger partial charge in [-0.1, -0.05) is 40.5 Å². The third kappa shape index (κ3) is 5.88. The van der Waals surface area contributed by atoms with Crippen molar-refractivity contribution in [1.29, 1.82) is 0 Å². The van der Waals surface area contributed by atoms with Gasteiger partial charge in [0.15, 0.2) is 0 Å². The molecule has 0 nitrogen and oxygen atoms in total. The molecule has 1 unspecified atom stereocenters. The van der Waals surface area contributed by atoms with Crippen LogP contribution in [0.2, 0.25) is 0 Å². The van der Waals surface area contributed by atoms with E-state index in [0.29, 0.717) is 0 Å². The van der Waals surface area contributed by atoms with E-state index in [9.17, 15) is 0 Å². The summed E-state index contributed by atoms with van der Waals surface area (Å²) in [5.41, 5.74) is 0. The Hall–Kier alpha value is 0. The zero-order valence-electron chi connectivity index (χ0n) is 7.15. The van der Waals surface area contributed by atoms with Gasteiger partial charge in [-0.05, 0) is 18.3 Å². The third-order valence-corrected chi connectivity index (χ3v) is 1.77. The summed E-state index contributed by atoms with van der Waals surface area (Å²) in [5, 5.41) is 0. The first-order valence-corrected chi connectivity index (χ1v) is 3.96. The maximum absolute atomic E-state index is 2.28. The van der Waals surface area contributed by atoms with E-state index in [-0.39, 0.29) is 0 Å². The van der Waals surface area contributed by atoms with Gasteiger partial charge in [0.25, 0.3) is 0 Å². The largest absolute Gasteiger partial charge is 0.0628 e. The van der Waals surface area contributed by atoms with Crippen molar-refractivity contribution in [3.05, 3.63) is 6.42 Å². The Morgan fingerprint density at radius 1 is 1.11 bits per heavy atom. The quantitative estimate of drug-likeness (QED) is 0.543. The summed E-state index contributed by atoms with van der Waals surface area (Å²) in [6.45, 7) is 8.98. The summed E-state index contributed by atoms with van der Waals surface area (Å²) in [7, 11) is 0. The van der Waals surface area contributed by atoms with Crippen LogP contribution in [0.3, 0.4) is 0 Å². The van der Waals surface area contributed by atoms with E-state index in [4.69, 9.17) is 0 Å². The highest BCUT2D eigenvalue weighted by Crippen LogP contribution is 2.12. The molecular formula is C9H19. The number of hydrogen-bond acceptors (Lipinski definition) is 0. The van der Waals surface area contributed by atoms with Crippen LogP contribution >= 0.6 is 0 Å². The van der Waals surface area contributed by atoms with E-state index in [1.165, 1.54) is 12.8 Å². The second kappa shape index (κ2) is 4.84. The van der Waals surface area contributed by atoms with Gasteiger partial charge >= 0.3 is 0 Å². The minimum absolute atomic E-state index is 0.812. The molecule has 1 radical (unpaired) electrons. The van der Waals surface area contributed by atoms with E-state index in [0.717, 1.165) is 11.8 Å². The van der Waals surface area contributed by atoms with Gasteiger partial charge in [-0.15, -0.1) is 0 Å². The number of rotatable bonds is 4. The summed E-state index contributed by atoms with van der Waals surface area (Å²) < 4.78 is 0. The molecule has 0 heterocycles. The topological polar surface area (TPSA) is 0 Å². The standard InChI is InChI=1S/C9H19/c1-5-9(4)7-6-8(2)3/h5,8-9H,6-7H2,1-4H3. The lowest BCUT2D eigenvalue weighted by atomic mass is 9.98. The van der Waals surface area contributed by atoms with Crippen LogP contribution in [0.15, 0.2) is 0 Å². The lowest BCUT2D eigenvalue weighted by Crippen LogP contribution is -1.95. The molecule has 0 saturated carbocycles. The molecule has 0 aromatic rings. The van der Waals surface area contributed by atoms with E-state index in [1.807, 2.05) is 0 Å². The molecule has 0 spiro atoms. The first-order chi connectivity index (χ1) is 4.16. The lowest BCUT2D eigenvalue weighted by molar-refractivity contribution is 0.486. The fraction of sp³-hybridized carbons (Fsp3) is 0.889. The second-order valence-electron chi connectivity index (χ2n) is 3.28. The van der Waals surface area contributed by atoms with E-state index < -0.39 is 0 Å². The molecule has 9 heavy (non-hydrogen) atoms. The van der Waals surface area contributed by atoms with Crippen LogP contribution in [-0.4, -0.2) is 0 Å². The van der Waals surface area contributed by atoms with Crippen LogP contribution in [-0.2, 0) is 0 Å². The first-order valence-electron chi connectivity index (χ1n) is 3.96. The van der Waals surface area contributed by atoms with Gasteiger partial charge in [-0.3, -0.25) is 0 Å². The van der Waals surface area contributed by atoms with Gasteiger partial charge in [-0.25, -0.2) is 0 Å². The van der Waals surface area contributed by atoms with E-state index >= 15 is 0 Å². The normalized spacial score (nSPS) is 14.3. The van der Waals surface area contributed by atoms with Crippen molar-refractivity contribution in [1.82, 2.24) is 0 Å². The molecule has 55 valence electrons. The molecule has 1 atom stereocenters. The highest BCUT2D eigenvalue weighted by atomic mass is 14.1. The van der Waals surface area contributed by atoms with Crippen LogP contribution in [0.4, 0.5) is 0 Å². The smallest absolute Gasteiger partial charge is 0.0389 e. The van der Waals surface area contributed by atoms with Crippen LogP contribution < -0.4 is 0 Å². The molecule has 0 aliphatic rings. The van der Waals surface area contributed by atoms with E-state index in [1.54, 1.807) is 0 Å². The van der Waals surface area contributed by atoms with Crippen molar-refractivity contribution in [2.75, 3.05) is 0 Å². The van der Waals surface area contributed by atoms with Gasteiger partial charge < -0.3 is 0 Å². The second-order valence-corrected chi connectivity index (χ2v) is 3.28. The minimum Gasteiger partial charge on any atom is -0.0628 e. The van der Waals surface area contributed by atoms with Gasteiger partial charge in [0, 0.05) is 0 Å². The Balaban J connectivity index is 3.06. The SMILES string of the molecule is C[CH]C(C)CCC(C)C. The van der Waals surface area contributed by atoms with Gasteiger partial charge in [-0.2, -0.15) is 0 Å². The summed E-state index contributed by atoms with van der Waals surface area (Å²) in [5.74, 6) is 1.68. The molecule has 0 aliphatic heterocycles. The minimum atomic E-state index is 0.812. The average Bonchev–Trinajstić information content (AvgIpc) is 1.83. The van der Waals surface area contributed by atoms with Crippen molar-refractivity contribution < 1.29 is 0 Å². The van der Waals surface area contributed by atoms with Crippen molar-refractivity contribution in [2.24, 2.45) is 11.8 Å². The third-order valence-electron chi connectivity index (χ3n) is 1.77. The molecule has 0 rings (SSSR count). The molecule has 0 aromatic heterocycles. The molecule has 0 amide bonds. The predicted octanol–water partition coefficient (Wildman–Crippen LogP) is 3.28. The fourth-order valence-electron chi connectivity index (χ4n) is 0.763. The molecule has 0 bridgehead atoms. The Morgan fingerprint density at radius 3 is 2.00 bits per heavy atom. The maximum Gasteiger partial charge on any atom is -0.0389 e. The predicted molar refractivity (Wildman–Crippen MR) is 43.2 cm³/mol. The molecule has 0 aliphatic carbocycles. The molecule has 0 fully saturated rings. The zero-order chi connectivity index (χ0) is 7.28. The first kappa shape index (κ1) is 9.00. The van der Waals surface area contributed by atoms with Crippen molar-refractivity contribution in [2.45, 2.75) is 40.5 Å². The van der Waals surface area contributed by atoms with Crippen molar-refractivity contribution in [3.63, 3.8) is 0 Å². The lowest BCUT2D eigenvalue weighted by Gasteiger charge is -2.08. The van der Waals surface area contributed by atoms with Crippen molar-refractivity contribution in [3.8, 4) is 0 Å². The Kier molecular flexibility index (Phi) is 4.84. The van der Waals surface area contributed by atoms with E-state index in [2.05, 4.69) is 34.1 Å². The number of hydrogen-bond donors (Lipinski definition) is 0. The Labute approximate surface area is 59.7 Å². The van der Waals surface area contributed by atoms with Crippen LogP contribution in [0, 0.1) is 18.3 Å². The molecule has 0 saturated heterocycles. The Bertz CT molecular complexity index is 55.1. The summed E-state index contributed by atoms with van der Waals surface area (Å²) >= 11 is 0. The van der Waals surface area contributed by atoms with Gasteiger partial charge in [0.05, 0.1) is 0 Å². The van der Waals surface area contributed by atoms with Gasteiger partial charge in [0.2, 0.25) is 0 Å². The van der Waals surface area contributed by atoms with Crippen LogP contribution in [0.5, 0.6) is 0 Å². The highest BCUT2D eigenvalue weighted by Gasteiger charge is 1.99. The van der Waals surface area contributed by atoms with Crippen LogP contribution in [0.1, 0.15) is 40.5 Å². The van der Waals surface area contributed by atoms with Gasteiger partial charge in [0.1, 0.15) is 0 Å². The maximum atomic E-state index is 2.28. The summed E-state index contributed by atoms with van der Waals surface area (Å²) in [6.07, 6.45) is 5.00. The molecule has 0 N–H and O–H groups in total. The van der Waals surface area contributed by atoms with Crippen LogP contribution in [0.25, 0.3) is 0 Å². The average molecular weight is 127 g/mol. The summed E-state index contributed by atoms with van der Waals surface area (Å²) in [4.78, 5) is 0. The molecule has 0 heteroatoms. The zero-order valence-corrected chi connectivity index (χ0v) is 7.15. The molecule has 0 aromatic carbocycles. The Morgan fingerprint density at radius 2 is 1.67 bits per heavy atom. The monoisotopic (exact) mass is 127 g/mol.